The zero-order valence-corrected chi connectivity index (χ0v) is 12.4. The van der Waals surface area contributed by atoms with Crippen molar-refractivity contribution >= 4 is 5.91 Å². The third-order valence-corrected chi connectivity index (χ3v) is 3.04. The molecule has 1 aromatic heterocycles. The fraction of sp³-hybridized carbons (Fsp3) is 0.333. The highest BCUT2D eigenvalue weighted by Gasteiger charge is 2.12. The standard InChI is InChI=1S/C15H19FN4O/c1-11-10-14(15(21)17-8-9-19(2)3)18-20(11)13-6-4-12(16)5-7-13/h4-7,10H,8-9H2,1-3H3,(H,17,21). The van der Waals surface area contributed by atoms with E-state index >= 15 is 0 Å². The molecule has 112 valence electrons. The number of aryl methyl sites for hydroxylation is 1. The molecular weight excluding hydrogens is 271 g/mol. The highest BCUT2D eigenvalue weighted by molar-refractivity contribution is 5.92. The molecule has 0 spiro atoms. The molecule has 2 rings (SSSR count). The summed E-state index contributed by atoms with van der Waals surface area (Å²) >= 11 is 0. The molecule has 0 radical (unpaired) electrons. The summed E-state index contributed by atoms with van der Waals surface area (Å²) in [6.45, 7) is 3.19. The van der Waals surface area contributed by atoms with E-state index in [9.17, 15) is 9.18 Å². The lowest BCUT2D eigenvalue weighted by Gasteiger charge is -2.09. The minimum absolute atomic E-state index is 0.208. The fourth-order valence-electron chi connectivity index (χ4n) is 1.91. The molecule has 1 N–H and O–H groups in total. The Labute approximate surface area is 123 Å². The van der Waals surface area contributed by atoms with Crippen LogP contribution in [-0.2, 0) is 0 Å². The van der Waals surface area contributed by atoms with Gasteiger partial charge in [-0.05, 0) is 51.4 Å². The van der Waals surface area contributed by atoms with Gasteiger partial charge in [0.05, 0.1) is 5.69 Å². The first-order valence-electron chi connectivity index (χ1n) is 6.73. The smallest absolute Gasteiger partial charge is 0.271 e. The lowest BCUT2D eigenvalue weighted by molar-refractivity contribution is 0.0945. The van der Waals surface area contributed by atoms with Gasteiger partial charge in [0, 0.05) is 18.8 Å². The van der Waals surface area contributed by atoms with Crippen molar-refractivity contribution in [1.29, 1.82) is 0 Å². The molecule has 1 amide bonds. The summed E-state index contributed by atoms with van der Waals surface area (Å²) in [7, 11) is 3.89. The Kier molecular flexibility index (Phi) is 4.70. The molecule has 2 aromatic rings. The zero-order chi connectivity index (χ0) is 15.4. The van der Waals surface area contributed by atoms with Crippen LogP contribution in [0.3, 0.4) is 0 Å². The SMILES string of the molecule is Cc1cc(C(=O)NCCN(C)C)nn1-c1ccc(F)cc1. The van der Waals surface area contributed by atoms with Crippen molar-refractivity contribution in [2.24, 2.45) is 0 Å². The predicted molar refractivity (Wildman–Crippen MR) is 79.1 cm³/mol. The molecule has 5 nitrogen and oxygen atoms in total. The van der Waals surface area contributed by atoms with Crippen molar-refractivity contribution in [3.63, 3.8) is 0 Å². The van der Waals surface area contributed by atoms with Crippen molar-refractivity contribution < 1.29 is 9.18 Å². The van der Waals surface area contributed by atoms with E-state index in [1.165, 1.54) is 12.1 Å². The molecule has 0 saturated heterocycles. The fourth-order valence-corrected chi connectivity index (χ4v) is 1.91. The van der Waals surface area contributed by atoms with E-state index in [1.807, 2.05) is 25.9 Å². The molecule has 0 aliphatic rings. The second kappa shape index (κ2) is 6.49. The van der Waals surface area contributed by atoms with Gasteiger partial charge in [-0.2, -0.15) is 5.10 Å². The Morgan fingerprint density at radius 3 is 2.62 bits per heavy atom. The van der Waals surface area contributed by atoms with E-state index in [1.54, 1.807) is 22.9 Å². The van der Waals surface area contributed by atoms with Crippen molar-refractivity contribution in [2.45, 2.75) is 6.92 Å². The number of hydrogen-bond donors (Lipinski definition) is 1. The lowest BCUT2D eigenvalue weighted by Crippen LogP contribution is -2.31. The van der Waals surface area contributed by atoms with Gasteiger partial charge < -0.3 is 10.2 Å². The van der Waals surface area contributed by atoms with Crippen LogP contribution in [0.1, 0.15) is 16.2 Å². The van der Waals surface area contributed by atoms with Crippen molar-refractivity contribution in [3.05, 3.63) is 47.5 Å². The quantitative estimate of drug-likeness (QED) is 0.910. The number of nitrogens with one attached hydrogen (secondary N) is 1. The third kappa shape index (κ3) is 3.88. The molecule has 0 aliphatic heterocycles. The Morgan fingerprint density at radius 2 is 2.00 bits per heavy atom. The number of benzene rings is 1. The molecule has 1 heterocycles. The van der Waals surface area contributed by atoms with Gasteiger partial charge in [0.1, 0.15) is 5.82 Å². The highest BCUT2D eigenvalue weighted by atomic mass is 19.1. The molecule has 0 bridgehead atoms. The second-order valence-corrected chi connectivity index (χ2v) is 5.12. The van der Waals surface area contributed by atoms with Crippen LogP contribution in [0.5, 0.6) is 0 Å². The lowest BCUT2D eigenvalue weighted by atomic mass is 10.3. The van der Waals surface area contributed by atoms with Crippen LogP contribution in [0.4, 0.5) is 4.39 Å². The summed E-state index contributed by atoms with van der Waals surface area (Å²) in [5.41, 5.74) is 1.90. The van der Waals surface area contributed by atoms with E-state index in [4.69, 9.17) is 0 Å². The maximum atomic E-state index is 12.9. The number of nitrogens with zero attached hydrogens (tertiary/aromatic N) is 3. The van der Waals surface area contributed by atoms with Gasteiger partial charge in [0.25, 0.3) is 5.91 Å². The van der Waals surface area contributed by atoms with Gasteiger partial charge in [-0.25, -0.2) is 9.07 Å². The maximum absolute atomic E-state index is 12.9. The first-order valence-corrected chi connectivity index (χ1v) is 6.73. The minimum Gasteiger partial charge on any atom is -0.349 e. The van der Waals surface area contributed by atoms with Crippen molar-refractivity contribution in [1.82, 2.24) is 20.0 Å². The summed E-state index contributed by atoms with van der Waals surface area (Å²) < 4.78 is 14.6. The first kappa shape index (κ1) is 15.2. The number of amides is 1. The van der Waals surface area contributed by atoms with Crippen LogP contribution in [0.15, 0.2) is 30.3 Å². The molecule has 6 heteroatoms. The third-order valence-electron chi connectivity index (χ3n) is 3.04. The molecule has 1 aromatic carbocycles. The molecule has 0 unspecified atom stereocenters. The Hall–Kier alpha value is -2.21. The average molecular weight is 290 g/mol. The van der Waals surface area contributed by atoms with Crippen molar-refractivity contribution in [3.8, 4) is 5.69 Å². The number of aromatic nitrogens is 2. The van der Waals surface area contributed by atoms with Gasteiger partial charge in [-0.1, -0.05) is 0 Å². The summed E-state index contributed by atoms with van der Waals surface area (Å²) in [5.74, 6) is -0.508. The number of carbonyl (C=O) groups is 1. The Balaban J connectivity index is 2.11. The maximum Gasteiger partial charge on any atom is 0.271 e. The molecule has 0 fully saturated rings. The molecule has 21 heavy (non-hydrogen) atoms. The Morgan fingerprint density at radius 1 is 1.33 bits per heavy atom. The van der Waals surface area contributed by atoms with E-state index < -0.39 is 0 Å². The van der Waals surface area contributed by atoms with Crippen molar-refractivity contribution in [2.75, 3.05) is 27.2 Å². The monoisotopic (exact) mass is 290 g/mol. The van der Waals surface area contributed by atoms with E-state index in [0.717, 1.165) is 17.9 Å². The summed E-state index contributed by atoms with van der Waals surface area (Å²) in [4.78, 5) is 14.0. The largest absolute Gasteiger partial charge is 0.349 e. The number of likely N-dealkylation sites (N-methyl/N-ethyl adjacent to an activating group) is 1. The number of halogens is 1. The normalized spacial score (nSPS) is 10.9. The first-order chi connectivity index (χ1) is 9.97. The van der Waals surface area contributed by atoms with Crippen LogP contribution >= 0.6 is 0 Å². The predicted octanol–water partition coefficient (Wildman–Crippen LogP) is 1.61. The Bertz CT molecular complexity index is 619. The van der Waals surface area contributed by atoms with Gasteiger partial charge in [0.15, 0.2) is 5.69 Å². The number of hydrogen-bond acceptors (Lipinski definition) is 3. The van der Waals surface area contributed by atoms with Crippen LogP contribution in [0.25, 0.3) is 5.69 Å². The van der Waals surface area contributed by atoms with E-state index in [-0.39, 0.29) is 11.7 Å². The second-order valence-electron chi connectivity index (χ2n) is 5.12. The van der Waals surface area contributed by atoms with Gasteiger partial charge in [0.2, 0.25) is 0 Å². The highest BCUT2D eigenvalue weighted by Crippen LogP contribution is 2.12. The van der Waals surface area contributed by atoms with Gasteiger partial charge >= 0.3 is 0 Å². The molecular formula is C15H19FN4O. The summed E-state index contributed by atoms with van der Waals surface area (Å²) in [5, 5.41) is 7.09. The zero-order valence-electron chi connectivity index (χ0n) is 12.4. The van der Waals surface area contributed by atoms with Gasteiger partial charge in [-0.3, -0.25) is 4.79 Å². The number of carbonyl (C=O) groups excluding carboxylic acids is 1. The molecule has 0 aliphatic carbocycles. The average Bonchev–Trinajstić information content (AvgIpc) is 2.81. The summed E-state index contributed by atoms with van der Waals surface area (Å²) in [6.07, 6.45) is 0. The van der Waals surface area contributed by atoms with Crippen LogP contribution in [0.2, 0.25) is 0 Å². The minimum atomic E-state index is -0.301. The van der Waals surface area contributed by atoms with Crippen LogP contribution in [-0.4, -0.2) is 47.8 Å². The summed E-state index contributed by atoms with van der Waals surface area (Å²) in [6, 6.07) is 7.71. The van der Waals surface area contributed by atoms with E-state index in [2.05, 4.69) is 10.4 Å². The van der Waals surface area contributed by atoms with Gasteiger partial charge in [-0.15, -0.1) is 0 Å². The topological polar surface area (TPSA) is 50.2 Å². The van der Waals surface area contributed by atoms with Crippen LogP contribution < -0.4 is 5.32 Å². The molecule has 0 saturated carbocycles. The van der Waals surface area contributed by atoms with Crippen LogP contribution in [0, 0.1) is 12.7 Å². The number of rotatable bonds is 5. The molecule has 0 atom stereocenters. The van der Waals surface area contributed by atoms with E-state index in [0.29, 0.717) is 12.2 Å².